The van der Waals surface area contributed by atoms with Gasteiger partial charge in [-0.3, -0.25) is 4.98 Å². The zero-order valence-corrected chi connectivity index (χ0v) is 14.7. The van der Waals surface area contributed by atoms with Gasteiger partial charge in [-0.2, -0.15) is 0 Å². The number of nitrogens with zero attached hydrogens (tertiary/aromatic N) is 3. The molecule has 0 aliphatic rings. The van der Waals surface area contributed by atoms with Crippen molar-refractivity contribution in [2.45, 2.75) is 33.1 Å². The summed E-state index contributed by atoms with van der Waals surface area (Å²) in [5, 5.41) is 1.05. The van der Waals surface area contributed by atoms with E-state index in [0.717, 1.165) is 23.1 Å². The average Bonchev–Trinajstić information content (AvgIpc) is 2.93. The Morgan fingerprint density at radius 3 is 2.55 bits per heavy atom. The second kappa shape index (κ2) is 7.15. The number of fused-ring (bicyclic) bond motifs is 1. The van der Waals surface area contributed by atoms with E-state index >= 15 is 0 Å². The molecule has 3 rings (SSSR count). The maximum atomic E-state index is 4.59. The van der Waals surface area contributed by atoms with Crippen molar-refractivity contribution in [3.63, 3.8) is 0 Å². The van der Waals surface area contributed by atoms with Crippen LogP contribution in [0.3, 0.4) is 0 Å². The van der Waals surface area contributed by atoms with Gasteiger partial charge in [0.15, 0.2) is 0 Å². The van der Waals surface area contributed by atoms with E-state index in [-0.39, 0.29) is 19.5 Å². The number of aromatic nitrogens is 3. The van der Waals surface area contributed by atoms with E-state index in [1.54, 1.807) is 0 Å². The molecule has 2 unspecified atom stereocenters. The second-order valence-corrected chi connectivity index (χ2v) is 5.59. The molecule has 3 aromatic heterocycles. The Morgan fingerprint density at radius 1 is 1.09 bits per heavy atom. The third-order valence-electron chi connectivity index (χ3n) is 4.33. The standard InChI is InChI=1S/C18H20N3.Rh/c1-4-13(2)14(3)18-17-15(8-7-11-20-17)12-21(18)16-9-5-6-10-19-16;/h5-11,13-14H,4H2,1-3H3;/q-1;. The topological polar surface area (TPSA) is 30.7 Å². The van der Waals surface area contributed by atoms with Crippen molar-refractivity contribution < 1.29 is 19.5 Å². The van der Waals surface area contributed by atoms with Crippen LogP contribution in [0.2, 0.25) is 0 Å². The van der Waals surface area contributed by atoms with Crippen LogP contribution in [0.5, 0.6) is 0 Å². The summed E-state index contributed by atoms with van der Waals surface area (Å²) < 4.78 is 2.08. The average molecular weight is 381 g/mol. The van der Waals surface area contributed by atoms with Crippen LogP contribution < -0.4 is 0 Å². The van der Waals surface area contributed by atoms with E-state index in [1.165, 1.54) is 5.69 Å². The molecule has 1 radical (unpaired) electrons. The molecule has 0 N–H and O–H groups in total. The van der Waals surface area contributed by atoms with E-state index in [0.29, 0.717) is 11.8 Å². The summed E-state index contributed by atoms with van der Waals surface area (Å²) in [4.78, 5) is 9.06. The molecule has 22 heavy (non-hydrogen) atoms. The Bertz CT molecular complexity index is 736. The van der Waals surface area contributed by atoms with Crippen molar-refractivity contribution in [1.29, 1.82) is 0 Å². The van der Waals surface area contributed by atoms with Gasteiger partial charge in [0, 0.05) is 31.9 Å². The fourth-order valence-corrected chi connectivity index (χ4v) is 2.70. The van der Waals surface area contributed by atoms with Gasteiger partial charge >= 0.3 is 0 Å². The minimum Gasteiger partial charge on any atom is -0.403 e. The first-order valence-electron chi connectivity index (χ1n) is 7.52. The van der Waals surface area contributed by atoms with Gasteiger partial charge in [-0.15, -0.1) is 6.07 Å². The summed E-state index contributed by atoms with van der Waals surface area (Å²) in [6, 6.07) is 9.98. The Morgan fingerprint density at radius 2 is 1.86 bits per heavy atom. The number of pyridine rings is 2. The molecule has 0 aliphatic carbocycles. The first-order valence-corrected chi connectivity index (χ1v) is 7.52. The molecule has 0 aromatic carbocycles. The Hall–Kier alpha value is -1.54. The Labute approximate surface area is 144 Å². The maximum Gasteiger partial charge on any atom is 0.0708 e. The molecular weight excluding hydrogens is 361 g/mol. The largest absolute Gasteiger partial charge is 0.403 e. The summed E-state index contributed by atoms with van der Waals surface area (Å²) in [5.74, 6) is 1.89. The summed E-state index contributed by atoms with van der Waals surface area (Å²) in [6.45, 7) is 6.79. The normalized spacial score (nSPS) is 13.6. The van der Waals surface area contributed by atoms with Crippen LogP contribution in [0, 0.1) is 12.1 Å². The van der Waals surface area contributed by atoms with Gasteiger partial charge in [0.25, 0.3) is 0 Å². The van der Waals surface area contributed by atoms with Gasteiger partial charge in [0.2, 0.25) is 0 Å². The molecule has 2 atom stereocenters. The Kier molecular flexibility index (Phi) is 5.47. The molecule has 0 bridgehead atoms. The van der Waals surface area contributed by atoms with Crippen LogP contribution in [0.15, 0.2) is 42.7 Å². The van der Waals surface area contributed by atoms with Crippen molar-refractivity contribution in [3.05, 3.63) is 54.6 Å². The van der Waals surface area contributed by atoms with Crippen molar-refractivity contribution >= 4 is 10.9 Å². The molecule has 3 heterocycles. The van der Waals surface area contributed by atoms with Gasteiger partial charge in [0.05, 0.1) is 5.82 Å². The summed E-state index contributed by atoms with van der Waals surface area (Å²) in [6.07, 6.45) is 8.25. The molecule has 0 aliphatic heterocycles. The van der Waals surface area contributed by atoms with E-state index in [2.05, 4.69) is 47.6 Å². The van der Waals surface area contributed by atoms with Crippen molar-refractivity contribution in [2.75, 3.05) is 0 Å². The zero-order valence-electron chi connectivity index (χ0n) is 13.1. The first kappa shape index (κ1) is 16.8. The molecular formula is C18H20N3Rh-. The molecule has 0 amide bonds. The van der Waals surface area contributed by atoms with Crippen LogP contribution in [0.1, 0.15) is 38.8 Å². The van der Waals surface area contributed by atoms with Crippen LogP contribution in [-0.4, -0.2) is 14.5 Å². The zero-order chi connectivity index (χ0) is 14.8. The molecule has 4 heteroatoms. The Balaban J connectivity index is 0.00000176. The smallest absolute Gasteiger partial charge is 0.0708 e. The van der Waals surface area contributed by atoms with Gasteiger partial charge in [-0.25, -0.2) is 0 Å². The molecule has 0 spiro atoms. The minimum atomic E-state index is 0. The number of rotatable bonds is 4. The van der Waals surface area contributed by atoms with Gasteiger partial charge in [-0.1, -0.05) is 50.8 Å². The molecule has 3 aromatic rings. The minimum absolute atomic E-state index is 0. The van der Waals surface area contributed by atoms with Gasteiger partial charge in [-0.05, 0) is 35.3 Å². The molecule has 0 saturated heterocycles. The van der Waals surface area contributed by atoms with E-state index in [9.17, 15) is 0 Å². The summed E-state index contributed by atoms with van der Waals surface area (Å²) >= 11 is 0. The molecule has 0 saturated carbocycles. The quantitative estimate of drug-likeness (QED) is 0.497. The summed E-state index contributed by atoms with van der Waals surface area (Å²) in [7, 11) is 0. The monoisotopic (exact) mass is 381 g/mol. The SMILES string of the molecule is CCC(C)C(C)c1c2ncccc2[c-]n1-c1ccccn1.[Rh]. The van der Waals surface area contributed by atoms with Crippen molar-refractivity contribution in [3.8, 4) is 5.82 Å². The predicted octanol–water partition coefficient (Wildman–Crippen LogP) is 4.37. The molecule has 0 fully saturated rings. The van der Waals surface area contributed by atoms with Crippen molar-refractivity contribution in [2.24, 2.45) is 5.92 Å². The third kappa shape index (κ3) is 2.98. The fourth-order valence-electron chi connectivity index (χ4n) is 2.70. The maximum absolute atomic E-state index is 4.59. The number of hydrogen-bond donors (Lipinski definition) is 0. The predicted molar refractivity (Wildman–Crippen MR) is 85.6 cm³/mol. The van der Waals surface area contributed by atoms with Gasteiger partial charge < -0.3 is 9.55 Å². The van der Waals surface area contributed by atoms with E-state index in [4.69, 9.17) is 0 Å². The first-order chi connectivity index (χ1) is 10.2. The van der Waals surface area contributed by atoms with Crippen LogP contribution >= 0.6 is 0 Å². The number of hydrogen-bond acceptors (Lipinski definition) is 2. The van der Waals surface area contributed by atoms with Crippen molar-refractivity contribution in [1.82, 2.24) is 14.5 Å². The fraction of sp³-hybridized carbons (Fsp3) is 0.333. The van der Waals surface area contributed by atoms with E-state index < -0.39 is 0 Å². The van der Waals surface area contributed by atoms with Crippen LogP contribution in [-0.2, 0) is 19.5 Å². The van der Waals surface area contributed by atoms with Gasteiger partial charge in [0.1, 0.15) is 0 Å². The van der Waals surface area contributed by atoms with Crippen LogP contribution in [0.25, 0.3) is 16.7 Å². The second-order valence-electron chi connectivity index (χ2n) is 5.59. The molecule has 3 nitrogen and oxygen atoms in total. The van der Waals surface area contributed by atoms with E-state index in [1.807, 2.05) is 36.7 Å². The van der Waals surface area contributed by atoms with Crippen LogP contribution in [0.4, 0.5) is 0 Å². The molecule has 117 valence electrons. The third-order valence-corrected chi connectivity index (χ3v) is 4.33. The summed E-state index contributed by atoms with van der Waals surface area (Å²) in [5.41, 5.74) is 2.25.